The Morgan fingerprint density at radius 3 is 2.44 bits per heavy atom. The molecule has 2 aromatic heterocycles. The standard InChI is InChI=1S/C27H28F3N5O4/c1-13-27(2,38)22(31)11-21(39-13)15-7-8-32-12-20(15)34-25(36)19-6-5-16(28)24(33-19)23-17(29)9-14(10-18(23)30)26(37)35(3)4/h5-10,12-13,21-22,38H,11,31H2,1-4H3,(H,34,36)/t13-,21-,22-,27-/m1/s1. The number of carbonyl (C=O) groups excluding carboxylic acids is 2. The first-order chi connectivity index (χ1) is 18.3. The minimum atomic E-state index is -1.25. The van der Waals surface area contributed by atoms with Gasteiger partial charge in [-0.15, -0.1) is 0 Å². The Kier molecular flexibility index (Phi) is 7.73. The molecule has 1 saturated heterocycles. The average molecular weight is 544 g/mol. The highest BCUT2D eigenvalue weighted by Crippen LogP contribution is 2.38. The molecule has 4 atom stereocenters. The highest BCUT2D eigenvalue weighted by Gasteiger charge is 2.43. The van der Waals surface area contributed by atoms with Gasteiger partial charge in [0.15, 0.2) is 0 Å². The van der Waals surface area contributed by atoms with E-state index in [0.717, 1.165) is 29.2 Å². The van der Waals surface area contributed by atoms with Crippen LogP contribution in [0.3, 0.4) is 0 Å². The molecule has 206 valence electrons. The molecule has 1 aliphatic rings. The fourth-order valence-corrected chi connectivity index (χ4v) is 4.31. The van der Waals surface area contributed by atoms with E-state index in [1.54, 1.807) is 19.9 Å². The molecule has 3 aromatic rings. The fourth-order valence-electron chi connectivity index (χ4n) is 4.31. The van der Waals surface area contributed by atoms with Crippen LogP contribution in [0.15, 0.2) is 42.7 Å². The monoisotopic (exact) mass is 543 g/mol. The van der Waals surface area contributed by atoms with Gasteiger partial charge in [-0.2, -0.15) is 0 Å². The molecule has 12 heteroatoms. The summed E-state index contributed by atoms with van der Waals surface area (Å²) >= 11 is 0. The molecule has 1 aromatic carbocycles. The fraction of sp³-hybridized carbons (Fsp3) is 0.333. The second-order valence-electron chi connectivity index (χ2n) is 9.79. The summed E-state index contributed by atoms with van der Waals surface area (Å²) in [5, 5.41) is 13.2. The minimum absolute atomic E-state index is 0.255. The average Bonchev–Trinajstić information content (AvgIpc) is 2.87. The van der Waals surface area contributed by atoms with E-state index in [2.05, 4.69) is 15.3 Å². The number of amides is 2. The molecule has 1 aliphatic heterocycles. The van der Waals surface area contributed by atoms with Gasteiger partial charge in [-0.1, -0.05) is 0 Å². The first-order valence-electron chi connectivity index (χ1n) is 12.1. The lowest BCUT2D eigenvalue weighted by Crippen LogP contribution is -2.58. The Bertz CT molecular complexity index is 1400. The van der Waals surface area contributed by atoms with Crippen molar-refractivity contribution in [1.82, 2.24) is 14.9 Å². The number of halogens is 3. The smallest absolute Gasteiger partial charge is 0.274 e. The van der Waals surface area contributed by atoms with Crippen LogP contribution in [-0.2, 0) is 4.74 Å². The number of pyridine rings is 2. The molecular formula is C27H28F3N5O4. The quantitative estimate of drug-likeness (QED) is 0.449. The van der Waals surface area contributed by atoms with Crippen LogP contribution in [-0.4, -0.2) is 63.6 Å². The van der Waals surface area contributed by atoms with Crippen molar-refractivity contribution >= 4 is 17.5 Å². The molecule has 0 spiro atoms. The van der Waals surface area contributed by atoms with Crippen LogP contribution in [0.2, 0.25) is 0 Å². The molecule has 0 aliphatic carbocycles. The van der Waals surface area contributed by atoms with E-state index < -0.39 is 64.4 Å². The van der Waals surface area contributed by atoms with E-state index in [-0.39, 0.29) is 23.4 Å². The van der Waals surface area contributed by atoms with Gasteiger partial charge in [-0.25, -0.2) is 18.2 Å². The number of ether oxygens (including phenoxy) is 1. The molecule has 3 heterocycles. The molecule has 0 bridgehead atoms. The number of rotatable bonds is 5. The number of nitrogens with zero attached hydrogens (tertiary/aromatic N) is 3. The number of hydrogen-bond donors (Lipinski definition) is 3. The maximum absolute atomic E-state index is 14.9. The summed E-state index contributed by atoms with van der Waals surface area (Å²) in [5.74, 6) is -4.94. The lowest BCUT2D eigenvalue weighted by molar-refractivity contribution is -0.171. The molecule has 2 amide bonds. The predicted molar refractivity (Wildman–Crippen MR) is 136 cm³/mol. The van der Waals surface area contributed by atoms with Crippen LogP contribution in [0.4, 0.5) is 18.9 Å². The zero-order valence-corrected chi connectivity index (χ0v) is 21.7. The van der Waals surface area contributed by atoms with Crippen molar-refractivity contribution in [3.05, 3.63) is 77.0 Å². The number of aliphatic hydroxyl groups is 1. The number of hydrogen-bond acceptors (Lipinski definition) is 7. The lowest BCUT2D eigenvalue weighted by Gasteiger charge is -2.44. The van der Waals surface area contributed by atoms with Crippen molar-refractivity contribution < 1.29 is 32.6 Å². The highest BCUT2D eigenvalue weighted by molar-refractivity contribution is 6.03. The van der Waals surface area contributed by atoms with E-state index in [4.69, 9.17) is 10.5 Å². The van der Waals surface area contributed by atoms with Crippen molar-refractivity contribution in [1.29, 1.82) is 0 Å². The Morgan fingerprint density at radius 1 is 1.15 bits per heavy atom. The number of aromatic nitrogens is 2. The van der Waals surface area contributed by atoms with Gasteiger partial charge in [-0.3, -0.25) is 14.6 Å². The van der Waals surface area contributed by atoms with Gasteiger partial charge in [0, 0.05) is 37.5 Å². The molecule has 4 N–H and O–H groups in total. The second-order valence-corrected chi connectivity index (χ2v) is 9.79. The number of carbonyl (C=O) groups is 2. The summed E-state index contributed by atoms with van der Waals surface area (Å²) < 4.78 is 50.4. The Balaban J connectivity index is 1.64. The topological polar surface area (TPSA) is 131 Å². The zero-order valence-electron chi connectivity index (χ0n) is 21.7. The van der Waals surface area contributed by atoms with E-state index in [9.17, 15) is 27.9 Å². The zero-order chi connectivity index (χ0) is 28.6. The van der Waals surface area contributed by atoms with Crippen LogP contribution >= 0.6 is 0 Å². The summed E-state index contributed by atoms with van der Waals surface area (Å²) in [7, 11) is 2.84. The molecule has 0 saturated carbocycles. The van der Waals surface area contributed by atoms with Gasteiger partial charge in [0.2, 0.25) is 0 Å². The van der Waals surface area contributed by atoms with E-state index in [1.807, 2.05) is 0 Å². The Hall–Kier alpha value is -3.87. The second kappa shape index (κ2) is 10.7. The predicted octanol–water partition coefficient (Wildman–Crippen LogP) is 3.44. The Morgan fingerprint density at radius 2 is 1.82 bits per heavy atom. The molecule has 4 rings (SSSR count). The highest BCUT2D eigenvalue weighted by atomic mass is 19.1. The molecule has 0 radical (unpaired) electrons. The third-order valence-corrected chi connectivity index (χ3v) is 6.87. The van der Waals surface area contributed by atoms with Gasteiger partial charge in [0.05, 0.1) is 29.7 Å². The number of nitrogens with two attached hydrogens (primary N) is 1. The van der Waals surface area contributed by atoms with Crippen LogP contribution in [0.5, 0.6) is 0 Å². The summed E-state index contributed by atoms with van der Waals surface area (Å²) in [5.41, 5.74) is 3.57. The molecular weight excluding hydrogens is 515 g/mol. The SMILES string of the molecule is C[C@H]1O[C@@H](c2ccncc2NC(=O)c2ccc(F)c(-c3c(F)cc(C(=O)N(C)C)cc3F)n2)C[C@@H](N)[C@]1(C)O. The van der Waals surface area contributed by atoms with Gasteiger partial charge in [-0.05, 0) is 50.6 Å². The van der Waals surface area contributed by atoms with E-state index >= 15 is 0 Å². The maximum atomic E-state index is 14.9. The normalized spacial score (nSPS) is 22.8. The summed E-state index contributed by atoms with van der Waals surface area (Å²) in [4.78, 5) is 34.3. The number of benzene rings is 1. The van der Waals surface area contributed by atoms with Crippen molar-refractivity contribution in [3.63, 3.8) is 0 Å². The lowest BCUT2D eigenvalue weighted by atomic mass is 9.83. The van der Waals surface area contributed by atoms with Gasteiger partial charge >= 0.3 is 0 Å². The summed E-state index contributed by atoms with van der Waals surface area (Å²) in [6.45, 7) is 3.28. The van der Waals surface area contributed by atoms with Gasteiger partial charge in [0.25, 0.3) is 11.8 Å². The van der Waals surface area contributed by atoms with Crippen LogP contribution in [0, 0.1) is 17.5 Å². The van der Waals surface area contributed by atoms with Gasteiger partial charge in [0.1, 0.15) is 34.4 Å². The van der Waals surface area contributed by atoms with E-state index in [1.165, 1.54) is 26.5 Å². The minimum Gasteiger partial charge on any atom is -0.386 e. The molecule has 39 heavy (non-hydrogen) atoms. The third-order valence-electron chi connectivity index (χ3n) is 6.87. The summed E-state index contributed by atoms with van der Waals surface area (Å²) in [6, 6.07) is 4.52. The van der Waals surface area contributed by atoms with Crippen molar-refractivity contribution in [2.45, 2.75) is 44.1 Å². The number of anilines is 1. The maximum Gasteiger partial charge on any atom is 0.274 e. The molecule has 0 unspecified atom stereocenters. The first-order valence-corrected chi connectivity index (χ1v) is 12.1. The van der Waals surface area contributed by atoms with Crippen LogP contribution in [0.25, 0.3) is 11.3 Å². The molecule has 9 nitrogen and oxygen atoms in total. The first kappa shape index (κ1) is 28.1. The van der Waals surface area contributed by atoms with Crippen LogP contribution < -0.4 is 11.1 Å². The third kappa shape index (κ3) is 5.49. The number of nitrogens with one attached hydrogen (secondary N) is 1. The van der Waals surface area contributed by atoms with Crippen molar-refractivity contribution in [3.8, 4) is 11.3 Å². The van der Waals surface area contributed by atoms with E-state index in [0.29, 0.717) is 5.56 Å². The van der Waals surface area contributed by atoms with Crippen molar-refractivity contribution in [2.75, 3.05) is 19.4 Å². The van der Waals surface area contributed by atoms with Crippen LogP contribution in [0.1, 0.15) is 52.8 Å². The largest absolute Gasteiger partial charge is 0.386 e. The van der Waals surface area contributed by atoms with Crippen molar-refractivity contribution in [2.24, 2.45) is 5.73 Å². The van der Waals surface area contributed by atoms with Gasteiger partial charge < -0.3 is 25.8 Å². The Labute approximate surface area is 222 Å². The molecule has 1 fully saturated rings. The summed E-state index contributed by atoms with van der Waals surface area (Å²) in [6.07, 6.45) is 1.96.